The molecule has 14 heavy (non-hydrogen) atoms. The maximum atomic E-state index is 10.7. The minimum Gasteiger partial charge on any atom is -0.320 e. The van der Waals surface area contributed by atoms with Gasteiger partial charge in [-0.05, 0) is 0 Å². The lowest BCUT2D eigenvalue weighted by atomic mass is 10.3. The average molecular weight is 219 g/mol. The molecule has 1 aromatic rings. The van der Waals surface area contributed by atoms with Gasteiger partial charge < -0.3 is 21.3 Å². The van der Waals surface area contributed by atoms with Crippen LogP contribution in [-0.2, 0) is 11.0 Å². The molecule has 9 heteroatoms. The van der Waals surface area contributed by atoms with Crippen molar-refractivity contribution in [2.75, 3.05) is 0 Å². The molecule has 0 bridgehead atoms. The van der Waals surface area contributed by atoms with E-state index in [4.69, 9.17) is 21.3 Å². The van der Waals surface area contributed by atoms with Gasteiger partial charge in [-0.2, -0.15) is 0 Å². The van der Waals surface area contributed by atoms with Crippen molar-refractivity contribution in [3.05, 3.63) is 12.0 Å². The first kappa shape index (κ1) is 11.2. The molecule has 0 aromatic carbocycles. The Balaban J connectivity index is 2.84. The molecule has 1 rings (SSSR count). The molecule has 0 unspecified atom stereocenters. The molecule has 0 fully saturated rings. The zero-order valence-electron chi connectivity index (χ0n) is 7.11. The largest absolute Gasteiger partial charge is 0.377 e. The summed E-state index contributed by atoms with van der Waals surface area (Å²) < 4.78 is 10.7. The smallest absolute Gasteiger partial charge is 0.320 e. The van der Waals surface area contributed by atoms with Crippen molar-refractivity contribution >= 4 is 13.0 Å². The van der Waals surface area contributed by atoms with Crippen LogP contribution in [0.2, 0.25) is 0 Å². The molecule has 0 aliphatic heterocycles. The zero-order chi connectivity index (χ0) is 10.8. The number of nitrogens with two attached hydrogens (primary N) is 2. The van der Waals surface area contributed by atoms with E-state index < -0.39 is 19.2 Å². The van der Waals surface area contributed by atoms with Gasteiger partial charge in [0.05, 0.1) is 12.4 Å². The molecule has 1 heterocycles. The van der Waals surface area contributed by atoms with E-state index in [1.807, 2.05) is 0 Å². The second-order valence-corrected chi connectivity index (χ2v) is 4.19. The highest BCUT2D eigenvalue weighted by molar-refractivity contribution is 7.59. The van der Waals surface area contributed by atoms with Gasteiger partial charge in [0.15, 0.2) is 11.3 Å². The Bertz CT molecular complexity index is 347. The van der Waals surface area contributed by atoms with Crippen molar-refractivity contribution in [1.29, 1.82) is 0 Å². The van der Waals surface area contributed by atoms with Crippen LogP contribution in [0.5, 0.6) is 0 Å². The third kappa shape index (κ3) is 3.09. The van der Waals surface area contributed by atoms with E-state index in [0.29, 0.717) is 0 Å². The van der Waals surface area contributed by atoms with Gasteiger partial charge in [-0.15, -0.1) is 10.2 Å². The lowest BCUT2D eigenvalue weighted by molar-refractivity contribution is 0.385. The third-order valence-corrected chi connectivity index (χ3v) is 2.12. The van der Waals surface area contributed by atoms with Crippen LogP contribution in [-0.4, -0.2) is 31.1 Å². The van der Waals surface area contributed by atoms with Crippen LogP contribution in [0.15, 0.2) is 6.20 Å². The highest BCUT2D eigenvalue weighted by atomic mass is 31.2. The Morgan fingerprint density at radius 1 is 1.43 bits per heavy atom. The molecule has 1 aromatic heterocycles. The first-order valence-electron chi connectivity index (χ1n) is 3.65. The Kier molecular flexibility index (Phi) is 3.25. The summed E-state index contributed by atoms with van der Waals surface area (Å²) in [5.74, 6) is 0.247. The molecule has 0 saturated carbocycles. The van der Waals surface area contributed by atoms with E-state index in [0.717, 1.165) is 6.20 Å². The summed E-state index contributed by atoms with van der Waals surface area (Å²) in [7, 11) is -4.37. The Hall–Kier alpha value is -0.920. The highest BCUT2D eigenvalue weighted by Crippen LogP contribution is 2.30. The molecule has 0 aliphatic rings. The van der Waals surface area contributed by atoms with Crippen LogP contribution in [0.1, 0.15) is 5.82 Å². The summed E-state index contributed by atoms with van der Waals surface area (Å²) in [6.45, 7) is 0. The van der Waals surface area contributed by atoms with Crippen LogP contribution in [0.3, 0.4) is 0 Å². The monoisotopic (exact) mass is 219 g/mol. The lowest BCUT2D eigenvalue weighted by Gasteiger charge is -2.04. The zero-order valence-corrected chi connectivity index (χ0v) is 8.00. The first-order chi connectivity index (χ1) is 6.39. The van der Waals surface area contributed by atoms with Crippen LogP contribution in [0.25, 0.3) is 0 Å². The van der Waals surface area contributed by atoms with Gasteiger partial charge in [0.25, 0.3) is 0 Å². The van der Waals surface area contributed by atoms with E-state index in [2.05, 4.69) is 15.2 Å². The van der Waals surface area contributed by atoms with Crippen LogP contribution in [0.4, 0.5) is 0 Å². The van der Waals surface area contributed by atoms with Gasteiger partial charge in [-0.1, -0.05) is 0 Å². The predicted octanol–water partition coefficient (Wildman–Crippen LogP) is -2.54. The van der Waals surface area contributed by atoms with Gasteiger partial charge in [0, 0.05) is 6.42 Å². The predicted molar refractivity (Wildman–Crippen MR) is 47.4 cm³/mol. The fraction of sp³-hybridized carbons (Fsp3) is 0.400. The van der Waals surface area contributed by atoms with Crippen molar-refractivity contribution in [1.82, 2.24) is 15.2 Å². The summed E-state index contributed by atoms with van der Waals surface area (Å²) in [5, 5.41) is 6.79. The molecule has 78 valence electrons. The molecule has 0 amide bonds. The van der Waals surface area contributed by atoms with E-state index >= 15 is 0 Å². The number of aromatic nitrogens is 3. The molecule has 0 aliphatic carbocycles. The van der Waals surface area contributed by atoms with E-state index in [1.165, 1.54) is 0 Å². The topological polar surface area (TPSA) is 148 Å². The number of nitrogens with zero attached hydrogens (tertiary/aromatic N) is 3. The van der Waals surface area contributed by atoms with Gasteiger partial charge in [-0.25, -0.2) is 4.98 Å². The fourth-order valence-electron chi connectivity index (χ4n) is 0.731. The van der Waals surface area contributed by atoms with Gasteiger partial charge in [0.2, 0.25) is 0 Å². The lowest BCUT2D eigenvalue weighted by Crippen LogP contribution is -2.33. The van der Waals surface area contributed by atoms with Gasteiger partial charge in [0.1, 0.15) is 0 Å². The van der Waals surface area contributed by atoms with E-state index in [9.17, 15) is 4.57 Å². The van der Waals surface area contributed by atoms with Crippen LogP contribution >= 0.6 is 7.60 Å². The number of hydrogen-bond donors (Lipinski definition) is 4. The fourth-order valence-corrected chi connectivity index (χ4v) is 1.10. The second kappa shape index (κ2) is 4.07. The summed E-state index contributed by atoms with van der Waals surface area (Å²) in [6, 6.07) is 0. The molecule has 0 saturated heterocycles. The Labute approximate surface area is 79.5 Å². The summed E-state index contributed by atoms with van der Waals surface area (Å²) in [5.41, 5.74) is 10.1. The molecule has 0 atom stereocenters. The normalized spacial score (nSPS) is 12.1. The van der Waals surface area contributed by atoms with Crippen molar-refractivity contribution in [2.24, 2.45) is 11.5 Å². The van der Waals surface area contributed by atoms with Crippen molar-refractivity contribution in [3.8, 4) is 0 Å². The van der Waals surface area contributed by atoms with E-state index in [1.54, 1.807) is 0 Å². The summed E-state index contributed by atoms with van der Waals surface area (Å²) in [4.78, 5) is 21.0. The number of rotatable bonds is 3. The third-order valence-electron chi connectivity index (χ3n) is 1.31. The maximum Gasteiger partial charge on any atom is 0.377 e. The molecular weight excluding hydrogens is 209 g/mol. The molecule has 6 N–H and O–H groups in total. The number of hydrogen-bond acceptors (Lipinski definition) is 6. The molecule has 8 nitrogen and oxygen atoms in total. The molecule has 0 radical (unpaired) electrons. The second-order valence-electron chi connectivity index (χ2n) is 2.64. The van der Waals surface area contributed by atoms with Crippen molar-refractivity contribution in [3.63, 3.8) is 0 Å². The average Bonchev–Trinajstić information content (AvgIpc) is 2.02. The summed E-state index contributed by atoms with van der Waals surface area (Å²) in [6.07, 6.45) is 0.553. The summed E-state index contributed by atoms with van der Waals surface area (Å²) >= 11 is 0. The Morgan fingerprint density at radius 3 is 2.43 bits per heavy atom. The van der Waals surface area contributed by atoms with Crippen molar-refractivity contribution < 1.29 is 14.4 Å². The van der Waals surface area contributed by atoms with E-state index in [-0.39, 0.29) is 12.2 Å². The minimum absolute atomic E-state index is 0.203. The standard InChI is InChI=1S/C5H10N5O3P/c6-3(7)1-4-8-2-5(10-9-4)14(11,12)13/h2-3H,1,6-7H2,(H2,11,12,13). The highest BCUT2D eigenvalue weighted by Gasteiger charge is 2.20. The molecule has 0 spiro atoms. The van der Waals surface area contributed by atoms with Gasteiger partial charge >= 0.3 is 7.60 Å². The first-order valence-corrected chi connectivity index (χ1v) is 5.26. The van der Waals surface area contributed by atoms with Crippen LogP contribution in [0, 0.1) is 0 Å². The van der Waals surface area contributed by atoms with Crippen molar-refractivity contribution in [2.45, 2.75) is 12.6 Å². The SMILES string of the molecule is NC(N)Cc1ncc(P(=O)(O)O)nn1. The van der Waals surface area contributed by atoms with Crippen LogP contribution < -0.4 is 16.9 Å². The molecular formula is C5H10N5O3P. The maximum absolute atomic E-state index is 10.7. The Morgan fingerprint density at radius 2 is 2.07 bits per heavy atom. The quantitative estimate of drug-likeness (QED) is 0.321. The minimum atomic E-state index is -4.37. The van der Waals surface area contributed by atoms with Gasteiger partial charge in [-0.3, -0.25) is 4.57 Å².